The van der Waals surface area contributed by atoms with Gasteiger partial charge >= 0.3 is 0 Å². The lowest BCUT2D eigenvalue weighted by Crippen LogP contribution is -2.22. The van der Waals surface area contributed by atoms with Crippen molar-refractivity contribution in [1.82, 2.24) is 5.32 Å². The van der Waals surface area contributed by atoms with E-state index in [-0.39, 0.29) is 17.2 Å². The third-order valence-electron chi connectivity index (χ3n) is 2.24. The van der Waals surface area contributed by atoms with Crippen LogP contribution in [0.3, 0.4) is 0 Å². The van der Waals surface area contributed by atoms with Crippen LogP contribution in [0.2, 0.25) is 0 Å². The van der Waals surface area contributed by atoms with Crippen LogP contribution >= 0.6 is 15.9 Å². The van der Waals surface area contributed by atoms with Gasteiger partial charge in [0, 0.05) is 16.6 Å². The van der Waals surface area contributed by atoms with Crippen LogP contribution in [0.5, 0.6) is 5.75 Å². The molecule has 0 bridgehead atoms. The zero-order valence-electron chi connectivity index (χ0n) is 8.81. The summed E-state index contributed by atoms with van der Waals surface area (Å²) in [6.07, 6.45) is 3.10. The largest absolute Gasteiger partial charge is 0.507 e. The molecular formula is C12H10BrNO3. The highest BCUT2D eigenvalue weighted by atomic mass is 79.9. The number of nitrogens with one attached hydrogen (secondary N) is 1. The molecule has 88 valence electrons. The fraction of sp³-hybridized carbons (Fsp3) is 0.0833. The smallest absolute Gasteiger partial charge is 0.255 e. The second kappa shape index (κ2) is 5.05. The fourth-order valence-electron chi connectivity index (χ4n) is 1.37. The van der Waals surface area contributed by atoms with Gasteiger partial charge in [-0.15, -0.1) is 0 Å². The number of furan rings is 1. The monoisotopic (exact) mass is 295 g/mol. The minimum atomic E-state index is -0.323. The Hall–Kier alpha value is -1.75. The van der Waals surface area contributed by atoms with Crippen LogP contribution in [0.1, 0.15) is 15.9 Å². The van der Waals surface area contributed by atoms with Gasteiger partial charge in [0.05, 0.1) is 18.1 Å². The molecule has 0 aliphatic rings. The minimum absolute atomic E-state index is 0.0518. The topological polar surface area (TPSA) is 62.5 Å². The molecule has 0 saturated carbocycles. The zero-order chi connectivity index (χ0) is 12.3. The van der Waals surface area contributed by atoms with Crippen molar-refractivity contribution in [3.8, 4) is 5.75 Å². The van der Waals surface area contributed by atoms with Crippen molar-refractivity contribution in [2.24, 2.45) is 0 Å². The number of benzene rings is 1. The first-order valence-electron chi connectivity index (χ1n) is 4.94. The van der Waals surface area contributed by atoms with Crippen molar-refractivity contribution >= 4 is 21.8 Å². The van der Waals surface area contributed by atoms with Gasteiger partial charge in [-0.3, -0.25) is 4.79 Å². The molecule has 2 N–H and O–H groups in total. The Bertz CT molecular complexity index is 523. The van der Waals surface area contributed by atoms with Gasteiger partial charge < -0.3 is 14.8 Å². The molecule has 0 atom stereocenters. The van der Waals surface area contributed by atoms with Gasteiger partial charge in [0.1, 0.15) is 5.75 Å². The molecule has 0 fully saturated rings. The molecule has 1 amide bonds. The van der Waals surface area contributed by atoms with Crippen LogP contribution in [-0.2, 0) is 6.54 Å². The zero-order valence-corrected chi connectivity index (χ0v) is 10.4. The molecule has 1 aromatic carbocycles. The van der Waals surface area contributed by atoms with Crippen molar-refractivity contribution in [2.45, 2.75) is 6.54 Å². The van der Waals surface area contributed by atoms with Crippen molar-refractivity contribution in [1.29, 1.82) is 0 Å². The molecule has 0 unspecified atom stereocenters. The number of halogens is 1. The molecule has 0 saturated heterocycles. The summed E-state index contributed by atoms with van der Waals surface area (Å²) < 4.78 is 5.61. The quantitative estimate of drug-likeness (QED) is 0.915. The Kier molecular flexibility index (Phi) is 3.49. The highest BCUT2D eigenvalue weighted by Gasteiger charge is 2.10. The molecule has 5 heteroatoms. The Morgan fingerprint density at radius 1 is 1.41 bits per heavy atom. The average Bonchev–Trinajstić information content (AvgIpc) is 2.78. The summed E-state index contributed by atoms with van der Waals surface area (Å²) in [6.45, 7) is 0.366. The highest BCUT2D eigenvalue weighted by Crippen LogP contribution is 2.22. The van der Waals surface area contributed by atoms with Crippen molar-refractivity contribution < 1.29 is 14.3 Å². The third kappa shape index (κ3) is 2.88. The highest BCUT2D eigenvalue weighted by molar-refractivity contribution is 9.10. The number of aromatic hydroxyl groups is 1. The Labute approximate surface area is 106 Å². The number of carbonyl (C=O) groups is 1. The van der Waals surface area contributed by atoms with Gasteiger partial charge in [0.2, 0.25) is 0 Å². The van der Waals surface area contributed by atoms with E-state index >= 15 is 0 Å². The number of hydrogen-bond donors (Lipinski definition) is 2. The van der Waals surface area contributed by atoms with Crippen LogP contribution in [0.4, 0.5) is 0 Å². The van der Waals surface area contributed by atoms with E-state index in [1.165, 1.54) is 6.07 Å². The lowest BCUT2D eigenvalue weighted by molar-refractivity contribution is 0.0948. The van der Waals surface area contributed by atoms with Gasteiger partial charge in [-0.05, 0) is 24.3 Å². The summed E-state index contributed by atoms with van der Waals surface area (Å²) >= 11 is 3.21. The summed E-state index contributed by atoms with van der Waals surface area (Å²) in [4.78, 5) is 11.8. The first-order valence-corrected chi connectivity index (χ1v) is 5.74. The fourth-order valence-corrected chi connectivity index (χ4v) is 1.72. The summed E-state index contributed by atoms with van der Waals surface area (Å²) in [5, 5.41) is 12.3. The number of hydrogen-bond acceptors (Lipinski definition) is 3. The number of carbonyl (C=O) groups excluding carboxylic acids is 1. The molecule has 1 heterocycles. The molecule has 0 radical (unpaired) electrons. The Balaban J connectivity index is 2.04. The summed E-state index contributed by atoms with van der Waals surface area (Å²) in [5.74, 6) is -0.375. The van der Waals surface area contributed by atoms with Gasteiger partial charge in [-0.1, -0.05) is 15.9 Å². The molecular weight excluding hydrogens is 286 g/mol. The van der Waals surface area contributed by atoms with Gasteiger partial charge in [0.15, 0.2) is 0 Å². The molecule has 17 heavy (non-hydrogen) atoms. The summed E-state index contributed by atoms with van der Waals surface area (Å²) in [6, 6.07) is 6.51. The first kappa shape index (κ1) is 11.7. The predicted octanol–water partition coefficient (Wildman–Crippen LogP) is 2.68. The van der Waals surface area contributed by atoms with Gasteiger partial charge in [0.25, 0.3) is 5.91 Å². The maximum atomic E-state index is 11.8. The molecule has 4 nitrogen and oxygen atoms in total. The van der Waals surface area contributed by atoms with E-state index < -0.39 is 0 Å². The molecule has 0 spiro atoms. The maximum absolute atomic E-state index is 11.8. The van der Waals surface area contributed by atoms with Gasteiger partial charge in [-0.2, -0.15) is 0 Å². The van der Waals surface area contributed by atoms with E-state index in [2.05, 4.69) is 21.2 Å². The Morgan fingerprint density at radius 3 is 2.88 bits per heavy atom. The number of amides is 1. The molecule has 0 aliphatic heterocycles. The second-order valence-corrected chi connectivity index (χ2v) is 4.39. The summed E-state index contributed by atoms with van der Waals surface area (Å²) in [5.41, 5.74) is 1.12. The van der Waals surface area contributed by atoms with Crippen LogP contribution in [0.25, 0.3) is 0 Å². The van der Waals surface area contributed by atoms with Crippen molar-refractivity contribution in [3.05, 3.63) is 52.4 Å². The molecule has 0 aliphatic carbocycles. The lowest BCUT2D eigenvalue weighted by Gasteiger charge is -2.05. The molecule has 2 rings (SSSR count). The minimum Gasteiger partial charge on any atom is -0.507 e. The second-order valence-electron chi connectivity index (χ2n) is 3.48. The van der Waals surface area contributed by atoms with Crippen molar-refractivity contribution in [2.75, 3.05) is 0 Å². The maximum Gasteiger partial charge on any atom is 0.255 e. The van der Waals surface area contributed by atoms with Crippen LogP contribution < -0.4 is 5.32 Å². The number of phenolic OH excluding ortho intramolecular Hbond substituents is 1. The van der Waals surface area contributed by atoms with E-state index in [4.69, 9.17) is 4.42 Å². The standard InChI is InChI=1S/C12H10BrNO3/c13-9-1-2-10(11(15)5-9)12(16)14-6-8-3-4-17-7-8/h1-5,7,15H,6H2,(H,14,16). The molecule has 1 aromatic heterocycles. The normalized spacial score (nSPS) is 10.2. The van der Waals surface area contributed by atoms with Crippen LogP contribution in [0, 0.1) is 0 Å². The average molecular weight is 296 g/mol. The Morgan fingerprint density at radius 2 is 2.24 bits per heavy atom. The lowest BCUT2D eigenvalue weighted by atomic mass is 10.2. The summed E-state index contributed by atoms with van der Waals surface area (Å²) in [7, 11) is 0. The number of rotatable bonds is 3. The SMILES string of the molecule is O=C(NCc1ccoc1)c1ccc(Br)cc1O. The van der Waals surface area contributed by atoms with Gasteiger partial charge in [-0.25, -0.2) is 0 Å². The van der Waals surface area contributed by atoms with E-state index in [0.717, 1.165) is 10.0 Å². The molecule has 2 aromatic rings. The van der Waals surface area contributed by atoms with Crippen LogP contribution in [-0.4, -0.2) is 11.0 Å². The predicted molar refractivity (Wildman–Crippen MR) is 65.7 cm³/mol. The van der Waals surface area contributed by atoms with E-state index in [9.17, 15) is 9.90 Å². The number of phenols is 1. The third-order valence-corrected chi connectivity index (χ3v) is 2.73. The van der Waals surface area contributed by atoms with E-state index in [1.54, 1.807) is 30.7 Å². The van der Waals surface area contributed by atoms with E-state index in [0.29, 0.717) is 6.54 Å². The van der Waals surface area contributed by atoms with Crippen LogP contribution in [0.15, 0.2) is 45.7 Å². The van der Waals surface area contributed by atoms with Crippen molar-refractivity contribution in [3.63, 3.8) is 0 Å². The van der Waals surface area contributed by atoms with E-state index in [1.807, 2.05) is 0 Å². The first-order chi connectivity index (χ1) is 8.16.